The van der Waals surface area contributed by atoms with Crippen molar-refractivity contribution in [3.8, 4) is 0 Å². The average molecular weight is 328 g/mol. The third-order valence-corrected chi connectivity index (χ3v) is 9.66. The van der Waals surface area contributed by atoms with Crippen LogP contribution >= 0.6 is 0 Å². The molecule has 2 nitrogen and oxygen atoms in total. The normalized spacial score (nSPS) is 55.6. The molecule has 0 aromatic rings. The predicted octanol–water partition coefficient (Wildman–Crippen LogP) is 4.37. The topological polar surface area (TPSA) is 37.3 Å². The summed E-state index contributed by atoms with van der Waals surface area (Å²) < 4.78 is 0. The van der Waals surface area contributed by atoms with Gasteiger partial charge in [-0.2, -0.15) is 0 Å². The number of allylic oxidation sites excluding steroid dienone is 1. The molecule has 5 rings (SSSR count). The van der Waals surface area contributed by atoms with E-state index in [1.165, 1.54) is 31.3 Å². The first-order chi connectivity index (χ1) is 11.4. The molecule has 24 heavy (non-hydrogen) atoms. The lowest BCUT2D eigenvalue weighted by atomic mass is 9.46. The van der Waals surface area contributed by atoms with Crippen LogP contribution in [-0.2, 0) is 4.79 Å². The van der Waals surface area contributed by atoms with Gasteiger partial charge in [-0.3, -0.25) is 4.79 Å². The van der Waals surface area contributed by atoms with Gasteiger partial charge in [-0.25, -0.2) is 0 Å². The van der Waals surface area contributed by atoms with E-state index in [1.54, 1.807) is 0 Å². The van der Waals surface area contributed by atoms with Gasteiger partial charge in [0.05, 0.1) is 0 Å². The Kier molecular flexibility index (Phi) is 3.09. The zero-order chi connectivity index (χ0) is 16.9. The maximum atomic E-state index is 12.2. The molecule has 0 aromatic carbocycles. The van der Waals surface area contributed by atoms with E-state index in [2.05, 4.69) is 20.8 Å². The fraction of sp³-hybridized carbons (Fsp3) is 0.864. The van der Waals surface area contributed by atoms with Crippen molar-refractivity contribution in [3.05, 3.63) is 11.1 Å². The summed E-state index contributed by atoms with van der Waals surface area (Å²) >= 11 is 0. The van der Waals surface area contributed by atoms with Crippen LogP contribution in [0, 0.1) is 46.3 Å². The standard InChI is InChI=1S/C22H32O2/c1-12-8-18-13(2)19(24)5-4-16(18)17-6-7-21(3)15(11-23)9-14-10-22(14,21)20(12)17/h12,14-17,20,23H,4-11H2,1-3H3/t12-,14+,15+,16-,17-,20-,21-,22-/m1/s1. The van der Waals surface area contributed by atoms with Crippen LogP contribution in [0.5, 0.6) is 0 Å². The molecule has 8 atom stereocenters. The molecule has 0 heterocycles. The van der Waals surface area contributed by atoms with Gasteiger partial charge in [0.1, 0.15) is 0 Å². The number of fused-ring (bicyclic) bond motifs is 3. The molecule has 1 spiro atoms. The summed E-state index contributed by atoms with van der Waals surface area (Å²) in [5.74, 6) is 4.88. The maximum absolute atomic E-state index is 12.2. The largest absolute Gasteiger partial charge is 0.396 e. The lowest BCUT2D eigenvalue weighted by Crippen LogP contribution is -2.52. The Morgan fingerprint density at radius 1 is 1.29 bits per heavy atom. The Labute approximate surface area is 146 Å². The molecule has 0 bridgehead atoms. The number of carbonyl (C=O) groups is 1. The van der Waals surface area contributed by atoms with Crippen LogP contribution in [0.3, 0.4) is 0 Å². The smallest absolute Gasteiger partial charge is 0.158 e. The highest BCUT2D eigenvalue weighted by molar-refractivity contribution is 5.96. The van der Waals surface area contributed by atoms with Crippen molar-refractivity contribution in [2.45, 2.75) is 65.7 Å². The first-order valence-corrected chi connectivity index (χ1v) is 10.3. The van der Waals surface area contributed by atoms with E-state index in [9.17, 15) is 9.90 Å². The number of hydrogen-bond donors (Lipinski definition) is 1. The fourth-order valence-electron chi connectivity index (χ4n) is 8.59. The van der Waals surface area contributed by atoms with Crippen LogP contribution in [0.15, 0.2) is 11.1 Å². The monoisotopic (exact) mass is 328 g/mol. The van der Waals surface area contributed by atoms with Gasteiger partial charge >= 0.3 is 0 Å². The minimum atomic E-state index is 0.378. The average Bonchev–Trinajstić information content (AvgIpc) is 3.21. The summed E-state index contributed by atoms with van der Waals surface area (Å²) in [7, 11) is 0. The van der Waals surface area contributed by atoms with Crippen LogP contribution in [-0.4, -0.2) is 17.5 Å². The first kappa shape index (κ1) is 15.6. The molecule has 2 heteroatoms. The molecule has 0 radical (unpaired) electrons. The second-order valence-corrected chi connectivity index (χ2v) is 10.1. The Morgan fingerprint density at radius 3 is 2.83 bits per heavy atom. The maximum Gasteiger partial charge on any atom is 0.158 e. The molecule has 0 amide bonds. The van der Waals surface area contributed by atoms with E-state index in [4.69, 9.17) is 0 Å². The van der Waals surface area contributed by atoms with Crippen molar-refractivity contribution in [2.75, 3.05) is 6.61 Å². The molecule has 0 aromatic heterocycles. The second kappa shape index (κ2) is 4.75. The second-order valence-electron chi connectivity index (χ2n) is 10.1. The highest BCUT2D eigenvalue weighted by atomic mass is 16.3. The van der Waals surface area contributed by atoms with Crippen molar-refractivity contribution >= 4 is 5.78 Å². The van der Waals surface area contributed by atoms with Gasteiger partial charge in [-0.15, -0.1) is 0 Å². The van der Waals surface area contributed by atoms with Gasteiger partial charge in [-0.05, 0) is 97.4 Å². The van der Waals surface area contributed by atoms with Crippen molar-refractivity contribution in [1.82, 2.24) is 0 Å². The Bertz CT molecular complexity index is 634. The lowest BCUT2D eigenvalue weighted by Gasteiger charge is -2.58. The number of aliphatic hydroxyl groups excluding tert-OH is 1. The van der Waals surface area contributed by atoms with Crippen LogP contribution < -0.4 is 0 Å². The van der Waals surface area contributed by atoms with Crippen molar-refractivity contribution in [3.63, 3.8) is 0 Å². The minimum absolute atomic E-state index is 0.378. The van der Waals surface area contributed by atoms with Gasteiger partial charge in [0.15, 0.2) is 5.78 Å². The summed E-state index contributed by atoms with van der Waals surface area (Å²) in [6, 6.07) is 0. The molecule has 4 fully saturated rings. The first-order valence-electron chi connectivity index (χ1n) is 10.3. The number of aliphatic hydroxyl groups is 1. The van der Waals surface area contributed by atoms with Crippen molar-refractivity contribution < 1.29 is 9.90 Å². The van der Waals surface area contributed by atoms with Gasteiger partial charge in [0.25, 0.3) is 0 Å². The molecule has 4 saturated carbocycles. The van der Waals surface area contributed by atoms with E-state index < -0.39 is 0 Å². The SMILES string of the molecule is CC1=C2C[C@@H](C)[C@@H]3[C@H](CC[C@]4(C)[C@H](CO)C[C@H]5C[C@@]534)[C@H]2CCC1=O. The van der Waals surface area contributed by atoms with Gasteiger partial charge in [0.2, 0.25) is 0 Å². The zero-order valence-electron chi connectivity index (χ0n) is 15.5. The third kappa shape index (κ3) is 1.60. The van der Waals surface area contributed by atoms with E-state index in [0.29, 0.717) is 41.0 Å². The predicted molar refractivity (Wildman–Crippen MR) is 94.3 cm³/mol. The molecular formula is C22H32O2. The van der Waals surface area contributed by atoms with Crippen LogP contribution in [0.2, 0.25) is 0 Å². The quantitative estimate of drug-likeness (QED) is 0.776. The summed E-state index contributed by atoms with van der Waals surface area (Å²) in [4.78, 5) is 12.2. The highest BCUT2D eigenvalue weighted by Crippen LogP contribution is 2.83. The van der Waals surface area contributed by atoms with Gasteiger partial charge in [-0.1, -0.05) is 19.4 Å². The molecular weight excluding hydrogens is 296 g/mol. The molecule has 0 unspecified atom stereocenters. The van der Waals surface area contributed by atoms with E-state index in [-0.39, 0.29) is 0 Å². The Hall–Kier alpha value is -0.630. The summed E-state index contributed by atoms with van der Waals surface area (Å²) in [6.45, 7) is 7.47. The molecule has 5 aliphatic carbocycles. The van der Waals surface area contributed by atoms with E-state index in [0.717, 1.165) is 42.6 Å². The van der Waals surface area contributed by atoms with E-state index >= 15 is 0 Å². The number of hydrogen-bond acceptors (Lipinski definition) is 2. The third-order valence-electron chi connectivity index (χ3n) is 9.66. The molecule has 132 valence electrons. The zero-order valence-corrected chi connectivity index (χ0v) is 15.5. The minimum Gasteiger partial charge on any atom is -0.396 e. The molecule has 1 N–H and O–H groups in total. The number of rotatable bonds is 1. The molecule has 0 saturated heterocycles. The van der Waals surface area contributed by atoms with Gasteiger partial charge < -0.3 is 5.11 Å². The van der Waals surface area contributed by atoms with Gasteiger partial charge in [0, 0.05) is 13.0 Å². The summed E-state index contributed by atoms with van der Waals surface area (Å²) in [5.41, 5.74) is 3.56. The van der Waals surface area contributed by atoms with Crippen molar-refractivity contribution in [2.24, 2.45) is 46.3 Å². The lowest BCUT2D eigenvalue weighted by molar-refractivity contribution is -0.118. The fourth-order valence-corrected chi connectivity index (χ4v) is 8.59. The molecule has 0 aliphatic heterocycles. The van der Waals surface area contributed by atoms with Crippen molar-refractivity contribution in [1.29, 1.82) is 0 Å². The number of carbonyl (C=O) groups excluding carboxylic acids is 1. The Morgan fingerprint density at radius 2 is 2.08 bits per heavy atom. The Balaban J connectivity index is 1.56. The highest BCUT2D eigenvalue weighted by Gasteiger charge is 2.77. The van der Waals surface area contributed by atoms with Crippen LogP contribution in [0.4, 0.5) is 0 Å². The van der Waals surface area contributed by atoms with Crippen LogP contribution in [0.1, 0.15) is 65.7 Å². The van der Waals surface area contributed by atoms with E-state index in [1.807, 2.05) is 0 Å². The number of ketones is 1. The molecule has 5 aliphatic rings. The van der Waals surface area contributed by atoms with Crippen LogP contribution in [0.25, 0.3) is 0 Å². The summed E-state index contributed by atoms with van der Waals surface area (Å²) in [5, 5.41) is 9.97. The summed E-state index contributed by atoms with van der Waals surface area (Å²) in [6.07, 6.45) is 8.39. The number of Topliss-reactive ketones (excluding diaryl/α,β-unsaturated/α-hetero) is 1.